The monoisotopic (exact) mass is 440 g/mol. The van der Waals surface area contributed by atoms with Crippen molar-refractivity contribution in [1.29, 1.82) is 0 Å². The maximum absolute atomic E-state index is 13.6. The molecule has 0 spiro atoms. The third-order valence-electron chi connectivity index (χ3n) is 4.98. The highest BCUT2D eigenvalue weighted by Gasteiger charge is 2.33. The normalized spacial score (nSPS) is 16.3. The summed E-state index contributed by atoms with van der Waals surface area (Å²) in [5.74, 6) is -0.945. The molecule has 0 bridgehead atoms. The molecule has 160 valence electrons. The molecule has 0 amide bonds. The second-order valence-corrected chi connectivity index (χ2v) is 7.99. The van der Waals surface area contributed by atoms with E-state index in [9.17, 15) is 14.0 Å². The summed E-state index contributed by atoms with van der Waals surface area (Å²) < 4.78 is 22.5. The van der Waals surface area contributed by atoms with Crippen molar-refractivity contribution in [3.05, 3.63) is 84.6 Å². The molecule has 3 aromatic rings. The lowest BCUT2D eigenvalue weighted by Crippen LogP contribution is -2.39. The van der Waals surface area contributed by atoms with Gasteiger partial charge in [-0.3, -0.25) is 14.0 Å². The molecule has 0 saturated heterocycles. The van der Waals surface area contributed by atoms with E-state index in [0.29, 0.717) is 20.6 Å². The summed E-state index contributed by atoms with van der Waals surface area (Å²) in [5, 5.41) is 4.23. The summed E-state index contributed by atoms with van der Waals surface area (Å²) in [4.78, 5) is 31.1. The number of ether oxygens (including phenoxy) is 1. The first-order chi connectivity index (χ1) is 14.9. The molecule has 2 aromatic heterocycles. The number of allylic oxidation sites excluding steroid dienone is 1. The van der Waals surface area contributed by atoms with Gasteiger partial charge in [-0.1, -0.05) is 23.5 Å². The molecule has 4 rings (SSSR count). The van der Waals surface area contributed by atoms with Gasteiger partial charge >= 0.3 is 5.97 Å². The lowest BCUT2D eigenvalue weighted by atomic mass is 9.96. The van der Waals surface area contributed by atoms with E-state index >= 15 is 0 Å². The van der Waals surface area contributed by atoms with Crippen molar-refractivity contribution in [1.82, 2.24) is 14.3 Å². The minimum Gasteiger partial charge on any atom is -0.463 e. The highest BCUT2D eigenvalue weighted by molar-refractivity contribution is 7.07. The first-order valence-corrected chi connectivity index (χ1v) is 10.7. The number of esters is 1. The third kappa shape index (κ3) is 3.88. The van der Waals surface area contributed by atoms with Gasteiger partial charge in [0.15, 0.2) is 4.80 Å². The van der Waals surface area contributed by atoms with Crippen molar-refractivity contribution in [2.45, 2.75) is 33.4 Å². The van der Waals surface area contributed by atoms with Gasteiger partial charge in [-0.2, -0.15) is 5.10 Å². The zero-order valence-corrected chi connectivity index (χ0v) is 18.1. The van der Waals surface area contributed by atoms with Crippen LogP contribution in [0.5, 0.6) is 0 Å². The summed E-state index contributed by atoms with van der Waals surface area (Å²) in [6.45, 7) is 6.32. The van der Waals surface area contributed by atoms with Crippen LogP contribution in [-0.4, -0.2) is 26.9 Å². The van der Waals surface area contributed by atoms with E-state index < -0.39 is 17.8 Å². The number of aromatic nitrogens is 3. The molecule has 3 heterocycles. The molecule has 31 heavy (non-hydrogen) atoms. The molecule has 0 saturated carbocycles. The molecular weight excluding hydrogens is 419 g/mol. The van der Waals surface area contributed by atoms with E-state index in [2.05, 4.69) is 10.1 Å². The number of hydrogen-bond donors (Lipinski definition) is 0. The molecule has 0 N–H and O–H groups in total. The molecule has 1 aromatic carbocycles. The maximum Gasteiger partial charge on any atom is 0.338 e. The van der Waals surface area contributed by atoms with E-state index in [-0.39, 0.29) is 17.7 Å². The highest BCUT2D eigenvalue weighted by Crippen LogP contribution is 2.30. The fourth-order valence-corrected chi connectivity index (χ4v) is 4.58. The van der Waals surface area contributed by atoms with Crippen LogP contribution >= 0.6 is 11.3 Å². The van der Waals surface area contributed by atoms with Crippen LogP contribution in [0.2, 0.25) is 0 Å². The summed E-state index contributed by atoms with van der Waals surface area (Å²) in [6, 6.07) is 5.00. The van der Waals surface area contributed by atoms with Crippen LogP contribution in [0.25, 0.3) is 6.08 Å². The average Bonchev–Trinajstić information content (AvgIpc) is 3.32. The van der Waals surface area contributed by atoms with Crippen LogP contribution in [0.3, 0.4) is 0 Å². The van der Waals surface area contributed by atoms with Crippen molar-refractivity contribution >= 4 is 23.4 Å². The molecule has 0 radical (unpaired) electrons. The molecule has 1 aliphatic rings. The van der Waals surface area contributed by atoms with E-state index in [1.165, 1.54) is 28.0 Å². The fourth-order valence-electron chi connectivity index (χ4n) is 3.53. The SMILES string of the molecule is CCOC(=O)C1=C(C)N=c2sc(=Cc3cnn(CC)c3)c(=O)n2C1c1ccc(F)cc1. The number of rotatable bonds is 5. The maximum atomic E-state index is 13.6. The van der Waals surface area contributed by atoms with Crippen molar-refractivity contribution < 1.29 is 13.9 Å². The Labute approximate surface area is 181 Å². The van der Waals surface area contributed by atoms with E-state index in [1.807, 2.05) is 13.1 Å². The number of nitrogens with zero attached hydrogens (tertiary/aromatic N) is 4. The zero-order valence-electron chi connectivity index (χ0n) is 17.3. The lowest BCUT2D eigenvalue weighted by Gasteiger charge is -2.24. The number of carbonyl (C=O) groups excluding carboxylic acids is 1. The fraction of sp³-hybridized carbons (Fsp3) is 0.273. The number of halogens is 1. The van der Waals surface area contributed by atoms with Gasteiger partial charge in [0.2, 0.25) is 0 Å². The molecule has 0 aliphatic carbocycles. The first kappa shape index (κ1) is 20.9. The summed E-state index contributed by atoms with van der Waals surface area (Å²) in [6.07, 6.45) is 5.30. The van der Waals surface area contributed by atoms with Gasteiger partial charge in [-0.25, -0.2) is 14.2 Å². The number of aryl methyl sites for hydroxylation is 1. The van der Waals surface area contributed by atoms with Gasteiger partial charge in [0, 0.05) is 18.3 Å². The topological polar surface area (TPSA) is 78.5 Å². The Morgan fingerprint density at radius 3 is 2.68 bits per heavy atom. The van der Waals surface area contributed by atoms with Crippen molar-refractivity contribution in [3.8, 4) is 0 Å². The predicted octanol–water partition coefficient (Wildman–Crippen LogP) is 2.15. The van der Waals surface area contributed by atoms with Crippen molar-refractivity contribution in [3.63, 3.8) is 0 Å². The van der Waals surface area contributed by atoms with Gasteiger partial charge in [-0.05, 0) is 44.5 Å². The van der Waals surface area contributed by atoms with Gasteiger partial charge in [0.1, 0.15) is 5.82 Å². The van der Waals surface area contributed by atoms with Gasteiger partial charge in [-0.15, -0.1) is 0 Å². The number of thiazole rings is 1. The number of fused-ring (bicyclic) bond motifs is 1. The van der Waals surface area contributed by atoms with Gasteiger partial charge in [0.25, 0.3) is 5.56 Å². The first-order valence-electron chi connectivity index (χ1n) is 9.90. The Kier molecular flexibility index (Phi) is 5.69. The third-order valence-corrected chi connectivity index (χ3v) is 5.96. The largest absolute Gasteiger partial charge is 0.463 e. The van der Waals surface area contributed by atoms with Crippen LogP contribution in [0, 0.1) is 5.82 Å². The number of carbonyl (C=O) groups is 1. The van der Waals surface area contributed by atoms with E-state index in [4.69, 9.17) is 4.74 Å². The standard InChI is InChI=1S/C22H21FN4O3S/c1-4-26-12-14(11-24-26)10-17-20(28)27-19(15-6-8-16(23)9-7-15)18(21(29)30-5-2)13(3)25-22(27)31-17/h6-12,19H,4-5H2,1-3H3. The molecule has 9 heteroatoms. The summed E-state index contributed by atoms with van der Waals surface area (Å²) in [5.41, 5.74) is 1.86. The number of benzene rings is 1. The minimum atomic E-state index is -0.753. The van der Waals surface area contributed by atoms with Crippen LogP contribution < -0.4 is 14.9 Å². The molecule has 7 nitrogen and oxygen atoms in total. The summed E-state index contributed by atoms with van der Waals surface area (Å²) >= 11 is 1.24. The van der Waals surface area contributed by atoms with Gasteiger partial charge in [0.05, 0.1) is 34.6 Å². The Morgan fingerprint density at radius 1 is 1.29 bits per heavy atom. The molecular formula is C22H21FN4O3S. The predicted molar refractivity (Wildman–Crippen MR) is 115 cm³/mol. The van der Waals surface area contributed by atoms with Crippen molar-refractivity contribution in [2.24, 2.45) is 4.99 Å². The minimum absolute atomic E-state index is 0.192. The molecule has 1 unspecified atom stereocenters. The Balaban J connectivity index is 1.93. The van der Waals surface area contributed by atoms with Crippen LogP contribution in [0.15, 0.2) is 57.7 Å². The quantitative estimate of drug-likeness (QED) is 0.570. The van der Waals surface area contributed by atoms with Crippen molar-refractivity contribution in [2.75, 3.05) is 6.61 Å². The smallest absolute Gasteiger partial charge is 0.338 e. The Hall–Kier alpha value is -3.33. The van der Waals surface area contributed by atoms with Crippen LogP contribution in [0.4, 0.5) is 4.39 Å². The molecule has 0 fully saturated rings. The Bertz CT molecular complexity index is 1350. The van der Waals surface area contributed by atoms with E-state index in [1.54, 1.807) is 42.9 Å². The molecule has 1 atom stereocenters. The average molecular weight is 441 g/mol. The Morgan fingerprint density at radius 2 is 2.03 bits per heavy atom. The number of hydrogen-bond acceptors (Lipinski definition) is 6. The van der Waals surface area contributed by atoms with Crippen LogP contribution in [0.1, 0.15) is 37.9 Å². The van der Waals surface area contributed by atoms with E-state index in [0.717, 1.165) is 12.1 Å². The zero-order chi connectivity index (χ0) is 22.1. The second kappa shape index (κ2) is 8.43. The van der Waals surface area contributed by atoms with Crippen LogP contribution in [-0.2, 0) is 16.1 Å². The molecule has 1 aliphatic heterocycles. The highest BCUT2D eigenvalue weighted by atomic mass is 32.1. The summed E-state index contributed by atoms with van der Waals surface area (Å²) in [7, 11) is 0. The van der Waals surface area contributed by atoms with Gasteiger partial charge < -0.3 is 4.74 Å². The lowest BCUT2D eigenvalue weighted by molar-refractivity contribution is -0.139. The second-order valence-electron chi connectivity index (χ2n) is 6.98.